The van der Waals surface area contributed by atoms with Gasteiger partial charge in [0.2, 0.25) is 0 Å². The number of nitrogens with one attached hydrogen (secondary N) is 2. The number of amides is 1. The zero-order valence-corrected chi connectivity index (χ0v) is 12.9. The lowest BCUT2D eigenvalue weighted by atomic mass is 9.84. The molecule has 1 aliphatic carbocycles. The van der Waals surface area contributed by atoms with Crippen LogP contribution in [0.25, 0.3) is 0 Å². The Morgan fingerprint density at radius 1 is 1.33 bits per heavy atom. The fraction of sp³-hybridized carbons (Fsp3) is 0.588. The number of para-hydroxylation sites is 1. The van der Waals surface area contributed by atoms with E-state index >= 15 is 0 Å². The highest BCUT2D eigenvalue weighted by Gasteiger charge is 2.23. The van der Waals surface area contributed by atoms with Crippen LogP contribution in [0.4, 0.5) is 10.1 Å². The molecular formula is C17H25FN2O. The maximum absolute atomic E-state index is 13.8. The van der Waals surface area contributed by atoms with Gasteiger partial charge < -0.3 is 10.6 Å². The van der Waals surface area contributed by atoms with Gasteiger partial charge >= 0.3 is 0 Å². The molecule has 0 bridgehead atoms. The minimum absolute atomic E-state index is 0.135. The Morgan fingerprint density at radius 3 is 2.71 bits per heavy atom. The first-order valence-electron chi connectivity index (χ1n) is 7.96. The molecule has 1 unspecified atom stereocenters. The minimum Gasteiger partial charge on any atom is -0.382 e. The summed E-state index contributed by atoms with van der Waals surface area (Å²) in [7, 11) is 0. The Morgan fingerprint density at radius 2 is 2.05 bits per heavy atom. The summed E-state index contributed by atoms with van der Waals surface area (Å²) in [6.07, 6.45) is 6.13. The van der Waals surface area contributed by atoms with Crippen LogP contribution in [-0.2, 0) is 0 Å². The van der Waals surface area contributed by atoms with E-state index in [1.165, 1.54) is 38.2 Å². The molecular weight excluding hydrogens is 267 g/mol. The lowest BCUT2D eigenvalue weighted by molar-refractivity contribution is 0.0919. The highest BCUT2D eigenvalue weighted by molar-refractivity contribution is 5.99. The van der Waals surface area contributed by atoms with E-state index in [1.807, 2.05) is 6.92 Å². The van der Waals surface area contributed by atoms with Crippen molar-refractivity contribution in [3.8, 4) is 0 Å². The Hall–Kier alpha value is -1.58. The molecule has 0 aromatic heterocycles. The molecule has 1 amide bonds. The van der Waals surface area contributed by atoms with Gasteiger partial charge in [-0.25, -0.2) is 4.39 Å². The van der Waals surface area contributed by atoms with Crippen molar-refractivity contribution in [3.63, 3.8) is 0 Å². The Kier molecular flexibility index (Phi) is 5.59. The van der Waals surface area contributed by atoms with Crippen molar-refractivity contribution in [3.05, 3.63) is 29.6 Å². The number of rotatable bonds is 5. The Labute approximate surface area is 126 Å². The van der Waals surface area contributed by atoms with Crippen LogP contribution in [0.5, 0.6) is 0 Å². The highest BCUT2D eigenvalue weighted by atomic mass is 19.1. The van der Waals surface area contributed by atoms with Gasteiger partial charge in [0.15, 0.2) is 0 Å². The van der Waals surface area contributed by atoms with Gasteiger partial charge in [0.25, 0.3) is 5.91 Å². The van der Waals surface area contributed by atoms with Crippen LogP contribution >= 0.6 is 0 Å². The van der Waals surface area contributed by atoms with Crippen LogP contribution in [-0.4, -0.2) is 18.5 Å². The van der Waals surface area contributed by atoms with Crippen molar-refractivity contribution in [2.45, 2.75) is 52.0 Å². The number of anilines is 1. The largest absolute Gasteiger partial charge is 0.382 e. The van der Waals surface area contributed by atoms with Crippen molar-refractivity contribution < 1.29 is 9.18 Å². The smallest absolute Gasteiger partial charge is 0.253 e. The van der Waals surface area contributed by atoms with E-state index in [9.17, 15) is 9.18 Å². The summed E-state index contributed by atoms with van der Waals surface area (Å²) in [5.74, 6) is -0.0304. The standard InChI is InChI=1S/C17H25FN2O/c1-3-19-16-14(10-7-11-15(16)18)17(21)20-12(2)13-8-5-4-6-9-13/h7,10-13,19H,3-6,8-9H2,1-2H3,(H,20,21). The van der Waals surface area contributed by atoms with Gasteiger partial charge in [0.05, 0.1) is 11.3 Å². The molecule has 1 aliphatic rings. The summed E-state index contributed by atoms with van der Waals surface area (Å²) in [4.78, 5) is 12.4. The second kappa shape index (κ2) is 7.43. The molecule has 0 saturated heterocycles. The number of carbonyl (C=O) groups is 1. The van der Waals surface area contributed by atoms with Gasteiger partial charge in [-0.2, -0.15) is 0 Å². The molecule has 0 aliphatic heterocycles. The van der Waals surface area contributed by atoms with Gasteiger partial charge in [-0.3, -0.25) is 4.79 Å². The first-order valence-corrected chi connectivity index (χ1v) is 7.96. The first kappa shape index (κ1) is 15.8. The molecule has 2 N–H and O–H groups in total. The first-order chi connectivity index (χ1) is 10.1. The second-order valence-corrected chi connectivity index (χ2v) is 5.85. The summed E-state index contributed by atoms with van der Waals surface area (Å²) in [6.45, 7) is 4.53. The maximum atomic E-state index is 13.8. The number of carbonyl (C=O) groups excluding carboxylic acids is 1. The summed E-state index contributed by atoms with van der Waals surface area (Å²) in [6, 6.07) is 4.76. The molecule has 4 heteroatoms. The summed E-state index contributed by atoms with van der Waals surface area (Å²) >= 11 is 0. The number of halogens is 1. The van der Waals surface area contributed by atoms with Crippen molar-refractivity contribution in [2.24, 2.45) is 5.92 Å². The quantitative estimate of drug-likeness (QED) is 0.862. The van der Waals surface area contributed by atoms with Crippen molar-refractivity contribution in [1.29, 1.82) is 0 Å². The van der Waals surface area contributed by atoms with Gasteiger partial charge in [-0.1, -0.05) is 25.3 Å². The highest BCUT2D eigenvalue weighted by Crippen LogP contribution is 2.27. The van der Waals surface area contributed by atoms with E-state index in [0.717, 1.165) is 0 Å². The molecule has 3 nitrogen and oxygen atoms in total. The van der Waals surface area contributed by atoms with Crippen LogP contribution < -0.4 is 10.6 Å². The van der Waals surface area contributed by atoms with E-state index in [1.54, 1.807) is 12.1 Å². The van der Waals surface area contributed by atoms with E-state index < -0.39 is 0 Å². The Balaban J connectivity index is 2.07. The van der Waals surface area contributed by atoms with E-state index in [-0.39, 0.29) is 17.8 Å². The minimum atomic E-state index is -0.380. The third-order valence-corrected chi connectivity index (χ3v) is 4.33. The average molecular weight is 292 g/mol. The van der Waals surface area contributed by atoms with E-state index in [2.05, 4.69) is 17.6 Å². The molecule has 1 aromatic rings. The zero-order valence-electron chi connectivity index (χ0n) is 12.9. The average Bonchev–Trinajstić information content (AvgIpc) is 2.50. The fourth-order valence-electron chi connectivity index (χ4n) is 3.11. The monoisotopic (exact) mass is 292 g/mol. The molecule has 1 aromatic carbocycles. The molecule has 0 radical (unpaired) electrons. The molecule has 0 heterocycles. The Bertz CT molecular complexity index is 484. The van der Waals surface area contributed by atoms with Crippen LogP contribution in [0.2, 0.25) is 0 Å². The molecule has 1 saturated carbocycles. The maximum Gasteiger partial charge on any atom is 0.253 e. The fourth-order valence-corrected chi connectivity index (χ4v) is 3.11. The predicted molar refractivity (Wildman–Crippen MR) is 84.1 cm³/mol. The lowest BCUT2D eigenvalue weighted by Gasteiger charge is -2.28. The van der Waals surface area contributed by atoms with Crippen LogP contribution in [0.15, 0.2) is 18.2 Å². The molecule has 1 atom stereocenters. The number of benzene rings is 1. The second-order valence-electron chi connectivity index (χ2n) is 5.85. The molecule has 1 fully saturated rings. The molecule has 21 heavy (non-hydrogen) atoms. The normalized spacial score (nSPS) is 17.3. The van der Waals surface area contributed by atoms with Gasteiger partial charge in [0.1, 0.15) is 5.82 Å². The van der Waals surface area contributed by atoms with Crippen LogP contribution in [0, 0.1) is 11.7 Å². The topological polar surface area (TPSA) is 41.1 Å². The molecule has 0 spiro atoms. The molecule has 2 rings (SSSR count). The van der Waals surface area contributed by atoms with Crippen molar-refractivity contribution in [2.75, 3.05) is 11.9 Å². The summed E-state index contributed by atoms with van der Waals surface area (Å²) in [5, 5.41) is 5.99. The summed E-state index contributed by atoms with van der Waals surface area (Å²) < 4.78 is 13.8. The number of hydrogen-bond donors (Lipinski definition) is 2. The van der Waals surface area contributed by atoms with Gasteiger partial charge in [0, 0.05) is 12.6 Å². The van der Waals surface area contributed by atoms with E-state index in [0.29, 0.717) is 23.7 Å². The molecule has 116 valence electrons. The lowest BCUT2D eigenvalue weighted by Crippen LogP contribution is -2.39. The van der Waals surface area contributed by atoms with Crippen LogP contribution in [0.3, 0.4) is 0 Å². The zero-order chi connectivity index (χ0) is 15.2. The van der Waals surface area contributed by atoms with Crippen LogP contribution in [0.1, 0.15) is 56.3 Å². The SMILES string of the molecule is CCNc1c(F)cccc1C(=O)NC(C)C1CCCCC1. The number of hydrogen-bond acceptors (Lipinski definition) is 2. The third-order valence-electron chi connectivity index (χ3n) is 4.33. The van der Waals surface area contributed by atoms with Gasteiger partial charge in [-0.05, 0) is 44.7 Å². The van der Waals surface area contributed by atoms with Crippen molar-refractivity contribution in [1.82, 2.24) is 5.32 Å². The van der Waals surface area contributed by atoms with E-state index in [4.69, 9.17) is 0 Å². The summed E-state index contributed by atoms with van der Waals surface area (Å²) in [5.41, 5.74) is 0.688. The third kappa shape index (κ3) is 3.96. The van der Waals surface area contributed by atoms with Crippen molar-refractivity contribution >= 4 is 11.6 Å². The predicted octanol–water partition coefficient (Wildman–Crippen LogP) is 3.96. The van der Waals surface area contributed by atoms with Gasteiger partial charge in [-0.15, -0.1) is 0 Å².